The van der Waals surface area contributed by atoms with Crippen LogP contribution >= 0.6 is 11.6 Å². The second-order valence-electron chi connectivity index (χ2n) is 8.61. The van der Waals surface area contributed by atoms with Crippen molar-refractivity contribution in [3.8, 4) is 0 Å². The number of hydrogen-bond donors (Lipinski definition) is 3. The number of urea groups is 1. The minimum atomic E-state index is -0.765. The summed E-state index contributed by atoms with van der Waals surface area (Å²) in [5, 5.41) is 9.02. The Hall–Kier alpha value is -3.71. The van der Waals surface area contributed by atoms with E-state index in [0.717, 1.165) is 11.1 Å². The molecule has 3 aromatic rings. The van der Waals surface area contributed by atoms with Crippen LogP contribution in [0.1, 0.15) is 36.1 Å². The fourth-order valence-electron chi connectivity index (χ4n) is 3.93. The summed E-state index contributed by atoms with van der Waals surface area (Å²) in [6.07, 6.45) is 0.256. The molecule has 0 spiro atoms. The molecule has 4 rings (SSSR count). The first kappa shape index (κ1) is 24.4. The van der Waals surface area contributed by atoms with Gasteiger partial charge < -0.3 is 16.0 Å². The van der Waals surface area contributed by atoms with Crippen molar-refractivity contribution in [3.05, 3.63) is 94.0 Å². The second kappa shape index (κ2) is 10.7. The van der Waals surface area contributed by atoms with Gasteiger partial charge in [0.2, 0.25) is 5.91 Å². The average Bonchev–Trinajstić information content (AvgIpc) is 2.95. The van der Waals surface area contributed by atoms with Crippen LogP contribution in [0.5, 0.6) is 0 Å². The Morgan fingerprint density at radius 3 is 2.49 bits per heavy atom. The average molecular weight is 493 g/mol. The minimum absolute atomic E-state index is 0.0142. The van der Waals surface area contributed by atoms with Crippen LogP contribution in [0.15, 0.2) is 71.7 Å². The van der Waals surface area contributed by atoms with Gasteiger partial charge in [-0.15, -0.1) is 0 Å². The highest BCUT2D eigenvalue weighted by Crippen LogP contribution is 2.29. The van der Waals surface area contributed by atoms with E-state index in [1.165, 1.54) is 0 Å². The molecule has 35 heavy (non-hydrogen) atoms. The van der Waals surface area contributed by atoms with Gasteiger partial charge in [0, 0.05) is 34.3 Å². The molecule has 1 aliphatic rings. The van der Waals surface area contributed by atoms with E-state index in [-0.39, 0.29) is 24.4 Å². The van der Waals surface area contributed by atoms with Crippen molar-refractivity contribution in [2.45, 2.75) is 39.0 Å². The van der Waals surface area contributed by atoms with Gasteiger partial charge in [0.15, 0.2) is 0 Å². The topological polar surface area (TPSA) is 82.6 Å². The third-order valence-corrected chi connectivity index (χ3v) is 5.83. The van der Waals surface area contributed by atoms with Gasteiger partial charge in [-0.1, -0.05) is 48.0 Å². The number of fused-ring (bicyclic) bond motifs is 1. The summed E-state index contributed by atoms with van der Waals surface area (Å²) < 4.78 is 13.5. The molecule has 1 aliphatic heterocycles. The van der Waals surface area contributed by atoms with Crippen LogP contribution < -0.4 is 16.0 Å². The minimum Gasteiger partial charge on any atom is -0.336 e. The van der Waals surface area contributed by atoms with Gasteiger partial charge in [0.25, 0.3) is 0 Å². The van der Waals surface area contributed by atoms with Crippen molar-refractivity contribution < 1.29 is 14.0 Å². The number of benzene rings is 3. The van der Waals surface area contributed by atoms with Crippen LogP contribution in [-0.4, -0.2) is 29.7 Å². The van der Waals surface area contributed by atoms with Crippen LogP contribution in [0.25, 0.3) is 0 Å². The number of aliphatic imine (C=N–C) groups is 1. The van der Waals surface area contributed by atoms with E-state index >= 15 is 0 Å². The Balaban J connectivity index is 1.71. The first-order valence-corrected chi connectivity index (χ1v) is 11.7. The summed E-state index contributed by atoms with van der Waals surface area (Å²) in [7, 11) is 0. The second-order valence-corrected chi connectivity index (χ2v) is 9.05. The molecule has 1 heterocycles. The lowest BCUT2D eigenvalue weighted by Gasteiger charge is -2.14. The quantitative estimate of drug-likeness (QED) is 0.410. The van der Waals surface area contributed by atoms with E-state index in [2.05, 4.69) is 16.0 Å². The smallest absolute Gasteiger partial charge is 0.319 e. The van der Waals surface area contributed by atoms with Crippen molar-refractivity contribution in [1.82, 2.24) is 5.32 Å². The molecule has 0 radical (unpaired) electrons. The highest BCUT2D eigenvalue weighted by molar-refractivity contribution is 6.32. The predicted molar refractivity (Wildman–Crippen MR) is 138 cm³/mol. The third-order valence-electron chi connectivity index (χ3n) is 5.59. The molecule has 3 aromatic carbocycles. The molecule has 1 unspecified atom stereocenters. The van der Waals surface area contributed by atoms with Gasteiger partial charge in [-0.05, 0) is 55.3 Å². The lowest BCUT2D eigenvalue weighted by molar-refractivity contribution is -0.117. The molecule has 3 amide bonds. The molecule has 0 aromatic heterocycles. The Morgan fingerprint density at radius 1 is 1.09 bits per heavy atom. The van der Waals surface area contributed by atoms with Gasteiger partial charge in [0.05, 0.1) is 11.4 Å². The highest BCUT2D eigenvalue weighted by Gasteiger charge is 2.27. The Morgan fingerprint density at radius 2 is 1.80 bits per heavy atom. The summed E-state index contributed by atoms with van der Waals surface area (Å²) in [4.78, 5) is 30.0. The van der Waals surface area contributed by atoms with E-state index in [0.29, 0.717) is 33.2 Å². The maximum atomic E-state index is 13.5. The Labute approximate surface area is 208 Å². The number of benzodiazepines with no additional fused rings is 1. The monoisotopic (exact) mass is 492 g/mol. The predicted octanol–water partition coefficient (Wildman–Crippen LogP) is 5.74. The fourth-order valence-corrected chi connectivity index (χ4v) is 4.10. The number of carbonyl (C=O) groups is 2. The number of nitrogens with zero attached hydrogens (tertiary/aromatic N) is 1. The maximum Gasteiger partial charge on any atom is 0.319 e. The summed E-state index contributed by atoms with van der Waals surface area (Å²) in [6.45, 7) is 3.15. The van der Waals surface area contributed by atoms with Crippen molar-refractivity contribution in [2.24, 2.45) is 4.99 Å². The largest absolute Gasteiger partial charge is 0.336 e. The molecule has 0 fully saturated rings. The van der Waals surface area contributed by atoms with Crippen molar-refractivity contribution in [2.75, 3.05) is 10.6 Å². The molecule has 180 valence electrons. The first-order valence-electron chi connectivity index (χ1n) is 11.3. The van der Waals surface area contributed by atoms with Crippen molar-refractivity contribution in [1.29, 1.82) is 0 Å². The SMILES string of the molecule is CC(C)NC(=O)Nc1ccc(C2=NC(Cc3ccccc3CF)C(=O)Nc3ccc(Cl)cc32)cc1. The number of anilines is 2. The zero-order valence-corrected chi connectivity index (χ0v) is 20.2. The molecule has 0 saturated heterocycles. The highest BCUT2D eigenvalue weighted by atomic mass is 35.5. The summed E-state index contributed by atoms with van der Waals surface area (Å²) in [6, 6.07) is 18.5. The molecular formula is C27H26ClFN4O2. The summed E-state index contributed by atoms with van der Waals surface area (Å²) in [5.74, 6) is -0.277. The molecule has 8 heteroatoms. The van der Waals surface area contributed by atoms with Crippen LogP contribution in [-0.2, 0) is 17.9 Å². The third kappa shape index (κ3) is 5.87. The van der Waals surface area contributed by atoms with Gasteiger partial charge in [0.1, 0.15) is 12.7 Å². The fraction of sp³-hybridized carbons (Fsp3) is 0.222. The van der Waals surface area contributed by atoms with E-state index in [1.807, 2.05) is 38.1 Å². The number of rotatable bonds is 6. The number of nitrogens with one attached hydrogen (secondary N) is 3. The van der Waals surface area contributed by atoms with Crippen LogP contribution in [0.3, 0.4) is 0 Å². The molecule has 0 aliphatic carbocycles. The van der Waals surface area contributed by atoms with Crippen molar-refractivity contribution in [3.63, 3.8) is 0 Å². The molecule has 0 saturated carbocycles. The lowest BCUT2D eigenvalue weighted by Crippen LogP contribution is -2.34. The lowest BCUT2D eigenvalue weighted by atomic mass is 9.99. The van der Waals surface area contributed by atoms with E-state index in [4.69, 9.17) is 16.6 Å². The van der Waals surface area contributed by atoms with E-state index < -0.39 is 12.7 Å². The van der Waals surface area contributed by atoms with Gasteiger partial charge >= 0.3 is 6.03 Å². The number of amides is 3. The van der Waals surface area contributed by atoms with Crippen LogP contribution in [0.4, 0.5) is 20.6 Å². The van der Waals surface area contributed by atoms with Crippen LogP contribution in [0, 0.1) is 0 Å². The standard InChI is InChI=1S/C27H26ClFN4O2/c1-16(2)30-27(35)31-21-10-7-17(8-11-21)25-22-14-20(28)9-12-23(22)33-26(34)24(32-25)13-18-5-3-4-6-19(18)15-29/h3-12,14,16,24H,13,15H2,1-2H3,(H,33,34)(H2,30,31,35). The molecular weight excluding hydrogens is 467 g/mol. The molecule has 1 atom stereocenters. The van der Waals surface area contributed by atoms with Crippen LogP contribution in [0.2, 0.25) is 5.02 Å². The normalized spacial score (nSPS) is 15.1. The molecule has 0 bridgehead atoms. The van der Waals surface area contributed by atoms with Gasteiger partial charge in [-0.3, -0.25) is 9.79 Å². The van der Waals surface area contributed by atoms with Gasteiger partial charge in [-0.25, -0.2) is 9.18 Å². The zero-order chi connectivity index (χ0) is 24.9. The summed E-state index contributed by atoms with van der Waals surface area (Å²) in [5.41, 5.74) is 4.51. The molecule has 3 N–H and O–H groups in total. The first-order chi connectivity index (χ1) is 16.8. The number of carbonyl (C=O) groups excluding carboxylic acids is 2. The maximum absolute atomic E-state index is 13.5. The van der Waals surface area contributed by atoms with Gasteiger partial charge in [-0.2, -0.15) is 0 Å². The Kier molecular flexibility index (Phi) is 7.46. The van der Waals surface area contributed by atoms with Crippen molar-refractivity contribution >= 4 is 40.6 Å². The zero-order valence-electron chi connectivity index (χ0n) is 19.4. The number of alkyl halides is 1. The summed E-state index contributed by atoms with van der Waals surface area (Å²) >= 11 is 6.28. The Bertz CT molecular complexity index is 1270. The number of hydrogen-bond acceptors (Lipinski definition) is 3. The number of halogens is 2. The van der Waals surface area contributed by atoms with E-state index in [1.54, 1.807) is 42.5 Å². The van der Waals surface area contributed by atoms with E-state index in [9.17, 15) is 14.0 Å². The molecule has 6 nitrogen and oxygen atoms in total.